The van der Waals surface area contributed by atoms with Crippen molar-refractivity contribution in [2.45, 2.75) is 68.9 Å². The van der Waals surface area contributed by atoms with Crippen molar-refractivity contribution >= 4 is 21.3 Å². The summed E-state index contributed by atoms with van der Waals surface area (Å²) in [7, 11) is -2.90. The van der Waals surface area contributed by atoms with E-state index < -0.39 is 31.1 Å². The number of nitrogens with two attached hydrogens (primary N) is 1. The van der Waals surface area contributed by atoms with Crippen LogP contribution in [0, 0.1) is 24.1 Å². The van der Waals surface area contributed by atoms with Crippen LogP contribution in [0.3, 0.4) is 0 Å². The summed E-state index contributed by atoms with van der Waals surface area (Å²) in [4.78, 5) is 26.3. The predicted octanol–water partition coefficient (Wildman–Crippen LogP) is 3.61. The number of fused-ring (bicyclic) bond motifs is 1. The molecule has 10 heteroatoms. The van der Waals surface area contributed by atoms with Gasteiger partial charge in [-0.3, -0.25) is 19.8 Å². The number of carbonyl (C=O) groups excluding carboxylic acids is 1. The van der Waals surface area contributed by atoms with Gasteiger partial charge < -0.3 is 5.73 Å². The van der Waals surface area contributed by atoms with Crippen LogP contribution in [0.5, 0.6) is 0 Å². The molecule has 8 nitrogen and oxygen atoms in total. The zero-order valence-electron chi connectivity index (χ0n) is 20.3. The lowest BCUT2D eigenvalue weighted by molar-refractivity contribution is 0.0986. The highest BCUT2D eigenvalue weighted by atomic mass is 32.2. The SMILES string of the molecule is Cc1cc(C#N)cnc1C(=O)Cc1ccc(F)c([C@@]2(C)N=C(N)C(C)(C)[S@]3(=O)=NCCCC[C@H]23)n1. The van der Waals surface area contributed by atoms with Crippen LogP contribution < -0.4 is 5.73 Å². The van der Waals surface area contributed by atoms with Crippen molar-refractivity contribution in [2.24, 2.45) is 15.1 Å². The van der Waals surface area contributed by atoms with Gasteiger partial charge in [0.05, 0.1) is 27.0 Å². The standard InChI is InChI=1S/C25H29FN6O2S/c1-15-11-16(13-27)14-29-21(15)19(33)12-17-8-9-18(26)22(31-17)25(4)20-7-5-6-10-30-35(20,34)24(2,3)23(28)32-25/h8-9,11,14,20H,5-7,10,12H2,1-4H3,(H2,28,32)/t20-,25+,35+/m1/s1. The van der Waals surface area contributed by atoms with Crippen molar-refractivity contribution in [1.29, 1.82) is 5.26 Å². The van der Waals surface area contributed by atoms with Crippen molar-refractivity contribution < 1.29 is 13.4 Å². The molecule has 4 rings (SSSR count). The lowest BCUT2D eigenvalue weighted by Gasteiger charge is -2.46. The van der Waals surface area contributed by atoms with E-state index in [0.717, 1.165) is 12.8 Å². The number of hydrogen-bond acceptors (Lipinski definition) is 8. The van der Waals surface area contributed by atoms with E-state index in [2.05, 4.69) is 14.3 Å². The second kappa shape index (κ2) is 8.79. The summed E-state index contributed by atoms with van der Waals surface area (Å²) in [6.45, 7) is 7.44. The van der Waals surface area contributed by atoms with Crippen LogP contribution in [0.1, 0.15) is 73.0 Å². The van der Waals surface area contributed by atoms with Crippen molar-refractivity contribution in [2.75, 3.05) is 6.54 Å². The van der Waals surface area contributed by atoms with Crippen molar-refractivity contribution in [1.82, 2.24) is 9.97 Å². The van der Waals surface area contributed by atoms with Crippen LogP contribution in [0.4, 0.5) is 4.39 Å². The first-order valence-electron chi connectivity index (χ1n) is 11.6. The van der Waals surface area contributed by atoms with Gasteiger partial charge in [-0.15, -0.1) is 0 Å². The number of hydrogen-bond donors (Lipinski definition) is 1. The van der Waals surface area contributed by atoms with Crippen LogP contribution in [-0.4, -0.2) is 42.3 Å². The van der Waals surface area contributed by atoms with E-state index in [0.29, 0.717) is 29.8 Å². The highest BCUT2D eigenvalue weighted by molar-refractivity contribution is 7.96. The highest BCUT2D eigenvalue weighted by Gasteiger charge is 2.56. The first kappa shape index (κ1) is 24.9. The number of aryl methyl sites for hydroxylation is 1. The zero-order valence-corrected chi connectivity index (χ0v) is 21.2. The Bertz CT molecular complexity index is 1400. The number of Topliss-reactive ketones (excluding diaryl/α,β-unsaturated/α-hetero) is 1. The molecule has 0 unspecified atom stereocenters. The molecule has 35 heavy (non-hydrogen) atoms. The first-order chi connectivity index (χ1) is 16.4. The van der Waals surface area contributed by atoms with E-state index in [1.807, 2.05) is 6.07 Å². The topological polar surface area (TPSA) is 134 Å². The van der Waals surface area contributed by atoms with Crippen molar-refractivity contribution in [3.63, 3.8) is 0 Å². The lowest BCUT2D eigenvalue weighted by atomic mass is 9.88. The number of pyridine rings is 2. The third-order valence-electron chi connectivity index (χ3n) is 7.07. The highest BCUT2D eigenvalue weighted by Crippen LogP contribution is 2.46. The molecule has 2 aliphatic rings. The Hall–Kier alpha value is -3.19. The molecule has 0 spiro atoms. The fourth-order valence-corrected chi connectivity index (χ4v) is 8.16. The smallest absolute Gasteiger partial charge is 0.187 e. The maximum absolute atomic E-state index is 15.3. The Kier molecular flexibility index (Phi) is 6.26. The molecule has 0 aromatic carbocycles. The molecule has 0 amide bonds. The number of nitriles is 1. The van der Waals surface area contributed by atoms with Crippen LogP contribution in [0.15, 0.2) is 33.8 Å². The average molecular weight is 497 g/mol. The van der Waals surface area contributed by atoms with Gasteiger partial charge in [-0.1, -0.05) is 6.42 Å². The van der Waals surface area contributed by atoms with Gasteiger partial charge in [0.1, 0.15) is 39.4 Å². The molecule has 0 fully saturated rings. The molecule has 2 aliphatic heterocycles. The quantitative estimate of drug-likeness (QED) is 0.643. The van der Waals surface area contributed by atoms with Crippen molar-refractivity contribution in [3.05, 3.63) is 58.4 Å². The van der Waals surface area contributed by atoms with E-state index in [4.69, 9.17) is 16.0 Å². The van der Waals surface area contributed by atoms with E-state index in [9.17, 15) is 9.00 Å². The van der Waals surface area contributed by atoms with Crippen LogP contribution in [-0.2, 0) is 21.7 Å². The lowest BCUT2D eigenvalue weighted by Crippen LogP contribution is -2.59. The summed E-state index contributed by atoms with van der Waals surface area (Å²) in [5.74, 6) is -0.742. The Morgan fingerprint density at radius 2 is 2.06 bits per heavy atom. The summed E-state index contributed by atoms with van der Waals surface area (Å²) >= 11 is 0. The molecule has 0 saturated heterocycles. The number of amidine groups is 1. The predicted molar refractivity (Wildman–Crippen MR) is 132 cm³/mol. The number of aliphatic imine (C=N–C) groups is 1. The molecule has 0 aliphatic carbocycles. The Morgan fingerprint density at radius 1 is 1.31 bits per heavy atom. The molecule has 0 bridgehead atoms. The molecule has 3 atom stereocenters. The monoisotopic (exact) mass is 496 g/mol. The van der Waals surface area contributed by atoms with Gasteiger partial charge in [-0.05, 0) is 64.3 Å². The van der Waals surface area contributed by atoms with Gasteiger partial charge in [0.2, 0.25) is 0 Å². The minimum Gasteiger partial charge on any atom is -0.386 e. The van der Waals surface area contributed by atoms with Gasteiger partial charge in [-0.2, -0.15) is 5.26 Å². The van der Waals surface area contributed by atoms with E-state index in [1.165, 1.54) is 18.3 Å². The fourth-order valence-electron chi connectivity index (χ4n) is 4.92. The number of nitrogens with zero attached hydrogens (tertiary/aromatic N) is 5. The number of ketones is 1. The first-order valence-corrected chi connectivity index (χ1v) is 13.1. The third kappa shape index (κ3) is 4.01. The van der Waals surface area contributed by atoms with Crippen LogP contribution in [0.2, 0.25) is 0 Å². The minimum absolute atomic E-state index is 0.0144. The molecular formula is C25H29FN6O2S. The third-order valence-corrected chi connectivity index (χ3v) is 10.8. The summed E-state index contributed by atoms with van der Waals surface area (Å²) in [5.41, 5.74) is 6.56. The summed E-state index contributed by atoms with van der Waals surface area (Å²) in [6.07, 6.45) is 3.37. The molecule has 0 saturated carbocycles. The molecule has 184 valence electrons. The molecule has 0 radical (unpaired) electrons. The van der Waals surface area contributed by atoms with Gasteiger partial charge >= 0.3 is 0 Å². The maximum atomic E-state index is 15.3. The molecular weight excluding hydrogens is 467 g/mol. The fraction of sp³-hybridized carbons (Fsp3) is 0.480. The van der Waals surface area contributed by atoms with Gasteiger partial charge in [-0.25, -0.2) is 13.0 Å². The second-order valence-corrected chi connectivity index (χ2v) is 12.8. The average Bonchev–Trinajstić information content (AvgIpc) is 3.02. The van der Waals surface area contributed by atoms with E-state index in [1.54, 1.807) is 33.8 Å². The molecule has 4 heterocycles. The minimum atomic E-state index is -2.90. The largest absolute Gasteiger partial charge is 0.386 e. The molecule has 2 aromatic heterocycles. The summed E-state index contributed by atoms with van der Waals surface area (Å²) in [5, 5.41) is 8.46. The second-order valence-electron chi connectivity index (χ2n) is 9.79. The normalized spacial score (nSPS) is 27.5. The van der Waals surface area contributed by atoms with Gasteiger partial charge in [0.15, 0.2) is 5.78 Å². The van der Waals surface area contributed by atoms with Gasteiger partial charge in [0, 0.05) is 18.4 Å². The zero-order chi connectivity index (χ0) is 25.6. The van der Waals surface area contributed by atoms with E-state index in [-0.39, 0.29) is 29.4 Å². The van der Waals surface area contributed by atoms with Crippen molar-refractivity contribution in [3.8, 4) is 6.07 Å². The molecule has 2 N–H and O–H groups in total. The number of rotatable bonds is 4. The Balaban J connectivity index is 1.78. The maximum Gasteiger partial charge on any atom is 0.187 e. The van der Waals surface area contributed by atoms with Gasteiger partial charge in [0.25, 0.3) is 0 Å². The number of aromatic nitrogens is 2. The van der Waals surface area contributed by atoms with E-state index >= 15 is 4.39 Å². The molecule has 2 aromatic rings. The number of carbonyl (C=O) groups is 1. The summed E-state index contributed by atoms with van der Waals surface area (Å²) in [6, 6.07) is 6.30. The van der Waals surface area contributed by atoms with Crippen LogP contribution in [0.25, 0.3) is 0 Å². The Morgan fingerprint density at radius 3 is 2.74 bits per heavy atom. The number of halogens is 1. The summed E-state index contributed by atoms with van der Waals surface area (Å²) < 4.78 is 33.3. The van der Waals surface area contributed by atoms with Crippen LogP contribution >= 0.6 is 0 Å². The Labute approximate surface area is 205 Å².